The Labute approximate surface area is 151 Å². The highest BCUT2D eigenvalue weighted by Crippen LogP contribution is 2.30. The summed E-state index contributed by atoms with van der Waals surface area (Å²) in [6, 6.07) is 14.5. The van der Waals surface area contributed by atoms with Crippen molar-refractivity contribution >= 4 is 22.5 Å². The summed E-state index contributed by atoms with van der Waals surface area (Å²) in [5.41, 5.74) is 1.36. The number of carbonyl (C=O) groups is 1. The number of para-hydroxylation sites is 2. The predicted octanol–water partition coefficient (Wildman–Crippen LogP) is 3.66. The van der Waals surface area contributed by atoms with Gasteiger partial charge in [-0.1, -0.05) is 12.1 Å². The standard InChI is InChI=1S/C20H20N2O4/c1-3-25-18-11-10-15(14-7-6-12-21-20(14)18)22-19(23)13-26-17-9-5-4-8-16(17)24-2/h4-12H,3,13H2,1-2H3,(H,22,23). The maximum Gasteiger partial charge on any atom is 0.262 e. The van der Waals surface area contributed by atoms with E-state index in [4.69, 9.17) is 14.2 Å². The molecule has 0 aliphatic carbocycles. The molecule has 6 heteroatoms. The summed E-state index contributed by atoms with van der Waals surface area (Å²) in [6.45, 7) is 2.33. The molecule has 0 fully saturated rings. The normalized spacial score (nSPS) is 10.4. The van der Waals surface area contributed by atoms with Gasteiger partial charge < -0.3 is 19.5 Å². The van der Waals surface area contributed by atoms with Gasteiger partial charge in [0.25, 0.3) is 5.91 Å². The summed E-state index contributed by atoms with van der Waals surface area (Å²) < 4.78 is 16.4. The second-order valence-corrected chi connectivity index (χ2v) is 5.43. The third-order valence-corrected chi connectivity index (χ3v) is 3.73. The molecule has 0 aliphatic rings. The fourth-order valence-corrected chi connectivity index (χ4v) is 2.60. The monoisotopic (exact) mass is 352 g/mol. The molecule has 3 rings (SSSR count). The highest BCUT2D eigenvalue weighted by atomic mass is 16.5. The van der Waals surface area contributed by atoms with E-state index in [2.05, 4.69) is 10.3 Å². The number of methoxy groups -OCH3 is 1. The number of nitrogens with one attached hydrogen (secondary N) is 1. The molecule has 0 atom stereocenters. The van der Waals surface area contributed by atoms with E-state index in [9.17, 15) is 4.79 Å². The molecule has 0 aliphatic heterocycles. The van der Waals surface area contributed by atoms with E-state index in [0.29, 0.717) is 35.1 Å². The number of amides is 1. The molecule has 0 saturated carbocycles. The van der Waals surface area contributed by atoms with E-state index < -0.39 is 0 Å². The van der Waals surface area contributed by atoms with Crippen LogP contribution in [0.1, 0.15) is 6.92 Å². The number of anilines is 1. The lowest BCUT2D eigenvalue weighted by molar-refractivity contribution is -0.118. The minimum atomic E-state index is -0.273. The number of pyridine rings is 1. The summed E-state index contributed by atoms with van der Waals surface area (Å²) in [5.74, 6) is 1.51. The van der Waals surface area contributed by atoms with Gasteiger partial charge in [-0.05, 0) is 43.3 Å². The van der Waals surface area contributed by atoms with Crippen molar-refractivity contribution in [2.24, 2.45) is 0 Å². The number of rotatable bonds is 7. The molecule has 1 heterocycles. The molecule has 0 spiro atoms. The fourth-order valence-electron chi connectivity index (χ4n) is 2.60. The number of fused-ring (bicyclic) bond motifs is 1. The quantitative estimate of drug-likeness (QED) is 0.703. The molecule has 1 amide bonds. The third-order valence-electron chi connectivity index (χ3n) is 3.73. The van der Waals surface area contributed by atoms with Gasteiger partial charge in [-0.2, -0.15) is 0 Å². The number of aromatic nitrogens is 1. The first-order chi connectivity index (χ1) is 12.7. The first-order valence-electron chi connectivity index (χ1n) is 8.29. The molecule has 6 nitrogen and oxygen atoms in total. The van der Waals surface area contributed by atoms with Gasteiger partial charge in [-0.15, -0.1) is 0 Å². The summed E-state index contributed by atoms with van der Waals surface area (Å²) >= 11 is 0. The summed E-state index contributed by atoms with van der Waals surface area (Å²) in [5, 5.41) is 3.67. The number of carbonyl (C=O) groups excluding carboxylic acids is 1. The Morgan fingerprint density at radius 3 is 2.58 bits per heavy atom. The number of ether oxygens (including phenoxy) is 3. The van der Waals surface area contributed by atoms with Crippen LogP contribution >= 0.6 is 0 Å². The largest absolute Gasteiger partial charge is 0.493 e. The SMILES string of the molecule is CCOc1ccc(NC(=O)COc2ccccc2OC)c2cccnc12. The number of benzene rings is 2. The van der Waals surface area contributed by atoms with Crippen molar-refractivity contribution in [3.8, 4) is 17.2 Å². The summed E-state index contributed by atoms with van der Waals surface area (Å²) in [4.78, 5) is 16.7. The Hall–Kier alpha value is -3.28. The van der Waals surface area contributed by atoms with Crippen LogP contribution in [0.5, 0.6) is 17.2 Å². The van der Waals surface area contributed by atoms with Gasteiger partial charge in [0.1, 0.15) is 11.3 Å². The Bertz CT molecular complexity index is 911. The molecule has 2 aromatic carbocycles. The zero-order chi connectivity index (χ0) is 18.4. The Balaban J connectivity index is 1.74. The van der Waals surface area contributed by atoms with Gasteiger partial charge in [-0.3, -0.25) is 9.78 Å². The van der Waals surface area contributed by atoms with Crippen LogP contribution < -0.4 is 19.5 Å². The Morgan fingerprint density at radius 2 is 1.81 bits per heavy atom. The van der Waals surface area contributed by atoms with Crippen molar-refractivity contribution in [1.82, 2.24) is 4.98 Å². The van der Waals surface area contributed by atoms with Crippen molar-refractivity contribution in [3.63, 3.8) is 0 Å². The van der Waals surface area contributed by atoms with Gasteiger partial charge in [0.2, 0.25) is 0 Å². The smallest absolute Gasteiger partial charge is 0.262 e. The number of nitrogens with zero attached hydrogens (tertiary/aromatic N) is 1. The Morgan fingerprint density at radius 1 is 1.00 bits per heavy atom. The van der Waals surface area contributed by atoms with Gasteiger partial charge in [0, 0.05) is 11.6 Å². The Kier molecular flexibility index (Phi) is 5.53. The lowest BCUT2D eigenvalue weighted by Crippen LogP contribution is -2.20. The topological polar surface area (TPSA) is 69.7 Å². The molecular formula is C20H20N2O4. The first-order valence-corrected chi connectivity index (χ1v) is 8.29. The van der Waals surface area contributed by atoms with Crippen LogP contribution in [0.4, 0.5) is 5.69 Å². The van der Waals surface area contributed by atoms with Crippen LogP contribution in [-0.2, 0) is 4.79 Å². The molecule has 0 unspecified atom stereocenters. The van der Waals surface area contributed by atoms with Crippen LogP contribution in [0, 0.1) is 0 Å². The summed E-state index contributed by atoms with van der Waals surface area (Å²) in [6.07, 6.45) is 1.70. The van der Waals surface area contributed by atoms with Crippen molar-refractivity contribution in [3.05, 3.63) is 54.7 Å². The van der Waals surface area contributed by atoms with Crippen molar-refractivity contribution < 1.29 is 19.0 Å². The molecule has 1 N–H and O–H groups in total. The molecule has 134 valence electrons. The van der Waals surface area contributed by atoms with Gasteiger partial charge in [0.15, 0.2) is 18.1 Å². The van der Waals surface area contributed by atoms with Crippen molar-refractivity contribution in [2.75, 3.05) is 25.6 Å². The van der Waals surface area contributed by atoms with Gasteiger partial charge in [0.05, 0.1) is 19.4 Å². The van der Waals surface area contributed by atoms with Gasteiger partial charge in [-0.25, -0.2) is 0 Å². The fraction of sp³-hybridized carbons (Fsp3) is 0.200. The van der Waals surface area contributed by atoms with Crippen molar-refractivity contribution in [2.45, 2.75) is 6.92 Å². The molecule has 0 radical (unpaired) electrons. The highest BCUT2D eigenvalue weighted by molar-refractivity contribution is 6.03. The molecule has 26 heavy (non-hydrogen) atoms. The first kappa shape index (κ1) is 17.5. The molecule has 0 bridgehead atoms. The number of hydrogen-bond donors (Lipinski definition) is 1. The minimum absolute atomic E-state index is 0.130. The van der Waals surface area contributed by atoms with Crippen LogP contribution in [0.25, 0.3) is 10.9 Å². The van der Waals surface area contributed by atoms with Crippen molar-refractivity contribution in [1.29, 1.82) is 0 Å². The molecule has 0 saturated heterocycles. The van der Waals surface area contributed by atoms with Gasteiger partial charge >= 0.3 is 0 Å². The third kappa shape index (κ3) is 3.85. The van der Waals surface area contributed by atoms with E-state index >= 15 is 0 Å². The van der Waals surface area contributed by atoms with E-state index in [0.717, 1.165) is 5.39 Å². The average Bonchev–Trinajstić information content (AvgIpc) is 2.68. The van der Waals surface area contributed by atoms with Crippen LogP contribution in [0.15, 0.2) is 54.7 Å². The highest BCUT2D eigenvalue weighted by Gasteiger charge is 2.12. The van der Waals surface area contributed by atoms with E-state index in [-0.39, 0.29) is 12.5 Å². The number of hydrogen-bond acceptors (Lipinski definition) is 5. The van der Waals surface area contributed by atoms with E-state index in [1.165, 1.54) is 0 Å². The van der Waals surface area contributed by atoms with Crippen LogP contribution in [-0.4, -0.2) is 31.2 Å². The lowest BCUT2D eigenvalue weighted by Gasteiger charge is -2.13. The van der Waals surface area contributed by atoms with Crippen LogP contribution in [0.2, 0.25) is 0 Å². The second kappa shape index (κ2) is 8.20. The summed E-state index contributed by atoms with van der Waals surface area (Å²) in [7, 11) is 1.56. The molecule has 3 aromatic rings. The molecular weight excluding hydrogens is 332 g/mol. The predicted molar refractivity (Wildman–Crippen MR) is 100 cm³/mol. The maximum absolute atomic E-state index is 12.3. The van der Waals surface area contributed by atoms with E-state index in [1.54, 1.807) is 37.6 Å². The van der Waals surface area contributed by atoms with Crippen LogP contribution in [0.3, 0.4) is 0 Å². The minimum Gasteiger partial charge on any atom is -0.493 e. The second-order valence-electron chi connectivity index (χ2n) is 5.43. The molecule has 1 aromatic heterocycles. The zero-order valence-corrected chi connectivity index (χ0v) is 14.7. The lowest BCUT2D eigenvalue weighted by atomic mass is 10.1. The van der Waals surface area contributed by atoms with E-state index in [1.807, 2.05) is 31.2 Å². The average molecular weight is 352 g/mol. The zero-order valence-electron chi connectivity index (χ0n) is 14.7. The maximum atomic E-state index is 12.3.